The van der Waals surface area contributed by atoms with Crippen molar-refractivity contribution in [2.24, 2.45) is 5.92 Å². The number of hydrogen-bond donors (Lipinski definition) is 1. The maximum Gasteiger partial charge on any atom is 0.306 e. The van der Waals surface area contributed by atoms with Crippen LogP contribution in [-0.2, 0) is 9.59 Å². The van der Waals surface area contributed by atoms with Crippen molar-refractivity contribution in [3.05, 3.63) is 12.2 Å². The van der Waals surface area contributed by atoms with Crippen LogP contribution in [0.1, 0.15) is 110 Å². The number of unbranched alkanes of at least 4 members (excludes halogenated alkanes) is 11. The summed E-state index contributed by atoms with van der Waals surface area (Å²) in [6.45, 7) is 3.49. The second kappa shape index (κ2) is 16.6. The molecule has 0 radical (unpaired) electrons. The van der Waals surface area contributed by atoms with Crippen molar-refractivity contribution in [3.8, 4) is 0 Å². The minimum Gasteiger partial charge on any atom is -0.481 e. The summed E-state index contributed by atoms with van der Waals surface area (Å²) in [4.78, 5) is 25.0. The Bertz CT molecular complexity index is 439. The highest BCUT2D eigenvalue weighted by atomic mass is 16.4. The largest absolute Gasteiger partial charge is 0.481 e. The lowest BCUT2D eigenvalue weighted by molar-refractivity contribution is -0.145. The second-order valence-electron chi connectivity index (χ2n) is 8.33. The van der Waals surface area contributed by atoms with Crippen LogP contribution in [0.4, 0.5) is 0 Å². The third kappa shape index (κ3) is 12.2. The summed E-state index contributed by atoms with van der Waals surface area (Å²) in [7, 11) is 0. The maximum absolute atomic E-state index is 12.2. The first-order chi connectivity index (χ1) is 13.6. The Morgan fingerprint density at radius 2 is 1.32 bits per heavy atom. The molecule has 0 aromatic heterocycles. The molecule has 0 spiro atoms. The van der Waals surface area contributed by atoms with Crippen molar-refractivity contribution in [1.82, 2.24) is 4.90 Å². The summed E-state index contributed by atoms with van der Waals surface area (Å²) >= 11 is 0. The first kappa shape index (κ1) is 24.7. The zero-order valence-corrected chi connectivity index (χ0v) is 18.2. The van der Waals surface area contributed by atoms with E-state index in [1.807, 2.05) is 4.90 Å². The number of rotatable bonds is 16. The Morgan fingerprint density at radius 3 is 1.86 bits per heavy atom. The van der Waals surface area contributed by atoms with Crippen molar-refractivity contribution >= 4 is 11.9 Å². The Hall–Kier alpha value is -1.32. The van der Waals surface area contributed by atoms with Crippen LogP contribution in [0.2, 0.25) is 0 Å². The molecule has 162 valence electrons. The van der Waals surface area contributed by atoms with Gasteiger partial charge in [-0.1, -0.05) is 70.4 Å². The molecule has 0 atom stereocenters. The van der Waals surface area contributed by atoms with Gasteiger partial charge >= 0.3 is 5.97 Å². The summed E-state index contributed by atoms with van der Waals surface area (Å²) in [5, 5.41) is 9.01. The van der Waals surface area contributed by atoms with Crippen molar-refractivity contribution < 1.29 is 14.7 Å². The van der Waals surface area contributed by atoms with E-state index >= 15 is 0 Å². The van der Waals surface area contributed by atoms with Gasteiger partial charge in [-0.25, -0.2) is 0 Å². The number of piperidine rings is 1. The van der Waals surface area contributed by atoms with Crippen molar-refractivity contribution in [2.45, 2.75) is 110 Å². The minimum absolute atomic E-state index is 0.210. The molecule has 0 saturated carbocycles. The lowest BCUT2D eigenvalue weighted by Crippen LogP contribution is -2.40. The zero-order valence-electron chi connectivity index (χ0n) is 18.2. The monoisotopic (exact) mass is 393 g/mol. The molecule has 1 N–H and O–H groups in total. The fourth-order valence-corrected chi connectivity index (χ4v) is 3.88. The molecular weight excluding hydrogens is 350 g/mol. The Morgan fingerprint density at radius 1 is 0.821 bits per heavy atom. The summed E-state index contributed by atoms with van der Waals surface area (Å²) < 4.78 is 0. The van der Waals surface area contributed by atoms with E-state index in [0.717, 1.165) is 12.8 Å². The molecule has 1 aliphatic heterocycles. The summed E-state index contributed by atoms with van der Waals surface area (Å²) in [5.74, 6) is -0.769. The molecule has 28 heavy (non-hydrogen) atoms. The van der Waals surface area contributed by atoms with Gasteiger partial charge < -0.3 is 10.0 Å². The molecule has 0 unspecified atom stereocenters. The summed E-state index contributed by atoms with van der Waals surface area (Å²) in [6, 6.07) is 0. The van der Waals surface area contributed by atoms with E-state index in [0.29, 0.717) is 32.4 Å². The molecule has 1 saturated heterocycles. The van der Waals surface area contributed by atoms with Gasteiger partial charge in [0.15, 0.2) is 0 Å². The molecule has 1 aliphatic rings. The van der Waals surface area contributed by atoms with Crippen LogP contribution in [0, 0.1) is 5.92 Å². The van der Waals surface area contributed by atoms with E-state index in [-0.39, 0.29) is 11.8 Å². The van der Waals surface area contributed by atoms with Crippen LogP contribution >= 0.6 is 0 Å². The van der Waals surface area contributed by atoms with Gasteiger partial charge in [0.05, 0.1) is 5.92 Å². The number of allylic oxidation sites excluding steroid dienone is 2. The third-order valence-electron chi connectivity index (χ3n) is 5.85. The molecular formula is C24H43NO3. The van der Waals surface area contributed by atoms with Crippen LogP contribution in [0.3, 0.4) is 0 Å². The molecule has 0 aliphatic carbocycles. The number of carbonyl (C=O) groups is 2. The second-order valence-corrected chi connectivity index (χ2v) is 8.33. The quantitative estimate of drug-likeness (QED) is 0.246. The van der Waals surface area contributed by atoms with E-state index < -0.39 is 5.97 Å². The zero-order chi connectivity index (χ0) is 20.5. The summed E-state index contributed by atoms with van der Waals surface area (Å²) in [5.41, 5.74) is 0. The number of amides is 1. The van der Waals surface area contributed by atoms with Gasteiger partial charge in [0.1, 0.15) is 0 Å². The van der Waals surface area contributed by atoms with Crippen molar-refractivity contribution in [3.63, 3.8) is 0 Å². The van der Waals surface area contributed by atoms with E-state index in [9.17, 15) is 9.59 Å². The number of carboxylic acids is 1. The number of carboxylic acid groups (broad SMARTS) is 1. The third-order valence-corrected chi connectivity index (χ3v) is 5.85. The molecule has 1 fully saturated rings. The Labute approximate surface area is 172 Å². The first-order valence-corrected chi connectivity index (χ1v) is 11.8. The van der Waals surface area contributed by atoms with Gasteiger partial charge in [0.25, 0.3) is 0 Å². The average molecular weight is 394 g/mol. The van der Waals surface area contributed by atoms with Gasteiger partial charge in [0, 0.05) is 19.5 Å². The van der Waals surface area contributed by atoms with E-state index in [1.165, 1.54) is 70.6 Å². The highest BCUT2D eigenvalue weighted by Crippen LogP contribution is 2.18. The van der Waals surface area contributed by atoms with Crippen LogP contribution in [0.5, 0.6) is 0 Å². The first-order valence-electron chi connectivity index (χ1n) is 11.8. The molecule has 0 aromatic carbocycles. The maximum atomic E-state index is 12.2. The molecule has 1 rings (SSSR count). The normalized spacial score (nSPS) is 15.4. The SMILES string of the molecule is CCCCCCCCC=CCCCCCCCC(=O)N1CCC(C(=O)O)CC1. The fraction of sp³-hybridized carbons (Fsp3) is 0.833. The number of likely N-dealkylation sites (tertiary alicyclic amines) is 1. The van der Waals surface area contributed by atoms with Crippen molar-refractivity contribution in [2.75, 3.05) is 13.1 Å². The predicted octanol–water partition coefficient (Wildman–Crippen LogP) is 6.35. The topological polar surface area (TPSA) is 57.6 Å². The van der Waals surface area contributed by atoms with Crippen molar-refractivity contribution in [1.29, 1.82) is 0 Å². The van der Waals surface area contributed by atoms with Crippen LogP contribution in [0.25, 0.3) is 0 Å². The predicted molar refractivity (Wildman–Crippen MR) is 116 cm³/mol. The van der Waals surface area contributed by atoms with E-state index in [4.69, 9.17) is 5.11 Å². The lowest BCUT2D eigenvalue weighted by atomic mass is 9.97. The molecule has 4 nitrogen and oxygen atoms in total. The van der Waals surface area contributed by atoms with E-state index in [2.05, 4.69) is 19.1 Å². The minimum atomic E-state index is -0.718. The highest BCUT2D eigenvalue weighted by molar-refractivity contribution is 5.77. The van der Waals surface area contributed by atoms with Crippen LogP contribution in [-0.4, -0.2) is 35.0 Å². The van der Waals surface area contributed by atoms with Crippen LogP contribution < -0.4 is 0 Å². The van der Waals surface area contributed by atoms with Gasteiger partial charge in [-0.3, -0.25) is 9.59 Å². The van der Waals surface area contributed by atoms with Crippen LogP contribution in [0.15, 0.2) is 12.2 Å². The van der Waals surface area contributed by atoms with Gasteiger partial charge in [-0.05, 0) is 44.9 Å². The Kier molecular flexibility index (Phi) is 14.7. The van der Waals surface area contributed by atoms with E-state index in [1.54, 1.807) is 0 Å². The molecule has 0 aromatic rings. The number of aliphatic carboxylic acids is 1. The lowest BCUT2D eigenvalue weighted by Gasteiger charge is -2.30. The van der Waals surface area contributed by atoms with Gasteiger partial charge in [-0.15, -0.1) is 0 Å². The molecule has 1 amide bonds. The molecule has 0 bridgehead atoms. The highest BCUT2D eigenvalue weighted by Gasteiger charge is 2.26. The fourth-order valence-electron chi connectivity index (χ4n) is 3.88. The van der Waals surface area contributed by atoms with Gasteiger partial charge in [0.2, 0.25) is 5.91 Å². The Balaban J connectivity index is 1.87. The number of nitrogens with zero attached hydrogens (tertiary/aromatic N) is 1. The number of carbonyl (C=O) groups excluding carboxylic acids is 1. The molecule has 1 heterocycles. The average Bonchev–Trinajstić information content (AvgIpc) is 2.70. The number of hydrogen-bond acceptors (Lipinski definition) is 2. The van der Waals surface area contributed by atoms with Gasteiger partial charge in [-0.2, -0.15) is 0 Å². The smallest absolute Gasteiger partial charge is 0.306 e. The molecule has 4 heteroatoms. The summed E-state index contributed by atoms with van der Waals surface area (Å²) in [6.07, 6.45) is 23.0. The standard InChI is InChI=1S/C24H43NO3/c1-2-3-4-5-6-7-8-9-10-11-12-13-14-15-16-17-23(26)25-20-18-22(19-21-25)24(27)28/h9-10,22H,2-8,11-21H2,1H3,(H,27,28).